The molecule has 2 nitrogen and oxygen atoms in total. The fourth-order valence-corrected chi connectivity index (χ4v) is 2.89. The van der Waals surface area contributed by atoms with Crippen molar-refractivity contribution in [2.45, 2.75) is 45.6 Å². The van der Waals surface area contributed by atoms with Crippen LogP contribution in [0.4, 0.5) is 0 Å². The van der Waals surface area contributed by atoms with Gasteiger partial charge in [-0.05, 0) is 43.1 Å². The summed E-state index contributed by atoms with van der Waals surface area (Å²) < 4.78 is 0. The summed E-state index contributed by atoms with van der Waals surface area (Å²) in [6.07, 6.45) is 4.63. The molecule has 0 aliphatic carbocycles. The molecule has 0 saturated carbocycles. The van der Waals surface area contributed by atoms with Gasteiger partial charge in [-0.2, -0.15) is 11.8 Å². The predicted molar refractivity (Wildman–Crippen MR) is 90.5 cm³/mol. The van der Waals surface area contributed by atoms with Gasteiger partial charge in [-0.15, -0.1) is 0 Å². The molecular weight excluding hydrogens is 266 g/mol. The van der Waals surface area contributed by atoms with E-state index in [1.165, 1.54) is 30.4 Å². The number of rotatable bonds is 11. The molecule has 1 atom stereocenters. The van der Waals surface area contributed by atoms with E-state index in [1.807, 2.05) is 11.8 Å². The fraction of sp³-hybridized carbons (Fsp3) is 0.647. The highest BCUT2D eigenvalue weighted by molar-refractivity contribution is 7.99. The lowest BCUT2D eigenvalue weighted by atomic mass is 10.0. The third-order valence-electron chi connectivity index (χ3n) is 3.44. The van der Waals surface area contributed by atoms with Crippen molar-refractivity contribution in [1.82, 2.24) is 5.32 Å². The second-order valence-corrected chi connectivity index (χ2v) is 6.44. The SMILES string of the molecule is CCCCc1ccc(C(C)NCCSCCCO)cc1. The number of nitrogens with one attached hydrogen (secondary N) is 1. The topological polar surface area (TPSA) is 32.3 Å². The zero-order valence-corrected chi connectivity index (χ0v) is 13.7. The summed E-state index contributed by atoms with van der Waals surface area (Å²) in [6.45, 7) is 5.79. The van der Waals surface area contributed by atoms with Crippen LogP contribution < -0.4 is 5.32 Å². The third-order valence-corrected chi connectivity index (χ3v) is 4.51. The van der Waals surface area contributed by atoms with Crippen molar-refractivity contribution >= 4 is 11.8 Å². The Bertz CT molecular complexity index is 339. The van der Waals surface area contributed by atoms with E-state index >= 15 is 0 Å². The van der Waals surface area contributed by atoms with Crippen LogP contribution in [0.1, 0.15) is 50.3 Å². The summed E-state index contributed by atoms with van der Waals surface area (Å²) in [5, 5.41) is 12.3. The molecule has 0 bridgehead atoms. The van der Waals surface area contributed by atoms with E-state index in [0.717, 1.165) is 24.5 Å². The lowest BCUT2D eigenvalue weighted by Gasteiger charge is -2.14. The maximum atomic E-state index is 8.71. The molecule has 3 heteroatoms. The van der Waals surface area contributed by atoms with E-state index in [4.69, 9.17) is 5.11 Å². The van der Waals surface area contributed by atoms with Gasteiger partial charge >= 0.3 is 0 Å². The molecule has 2 N–H and O–H groups in total. The number of benzene rings is 1. The zero-order valence-electron chi connectivity index (χ0n) is 12.9. The van der Waals surface area contributed by atoms with Crippen LogP contribution in [0.3, 0.4) is 0 Å². The molecule has 0 fully saturated rings. The fourth-order valence-electron chi connectivity index (χ4n) is 2.09. The van der Waals surface area contributed by atoms with Gasteiger partial charge in [0, 0.05) is 24.9 Å². The summed E-state index contributed by atoms with van der Waals surface area (Å²) in [5.41, 5.74) is 2.81. The van der Waals surface area contributed by atoms with Gasteiger partial charge in [0.2, 0.25) is 0 Å². The van der Waals surface area contributed by atoms with E-state index in [-0.39, 0.29) is 0 Å². The van der Waals surface area contributed by atoms with Crippen LogP contribution in [0, 0.1) is 0 Å². The van der Waals surface area contributed by atoms with Gasteiger partial charge in [0.05, 0.1) is 0 Å². The molecule has 1 aromatic carbocycles. The highest BCUT2D eigenvalue weighted by Crippen LogP contribution is 2.14. The van der Waals surface area contributed by atoms with Crippen molar-refractivity contribution in [3.05, 3.63) is 35.4 Å². The number of thioether (sulfide) groups is 1. The van der Waals surface area contributed by atoms with E-state index in [2.05, 4.69) is 43.4 Å². The van der Waals surface area contributed by atoms with Crippen molar-refractivity contribution in [2.75, 3.05) is 24.7 Å². The summed E-state index contributed by atoms with van der Waals surface area (Å²) in [5.74, 6) is 2.16. The van der Waals surface area contributed by atoms with E-state index in [1.54, 1.807) is 0 Å². The van der Waals surface area contributed by atoms with Gasteiger partial charge in [0.1, 0.15) is 0 Å². The summed E-state index contributed by atoms with van der Waals surface area (Å²) >= 11 is 1.90. The Labute approximate surface area is 128 Å². The van der Waals surface area contributed by atoms with Crippen LogP contribution >= 0.6 is 11.8 Å². The van der Waals surface area contributed by atoms with Crippen LogP contribution in [0.5, 0.6) is 0 Å². The van der Waals surface area contributed by atoms with Crippen LogP contribution in [0.15, 0.2) is 24.3 Å². The van der Waals surface area contributed by atoms with Crippen molar-refractivity contribution in [2.24, 2.45) is 0 Å². The summed E-state index contributed by atoms with van der Waals surface area (Å²) in [6, 6.07) is 9.44. The zero-order chi connectivity index (χ0) is 14.6. The molecule has 0 amide bonds. The van der Waals surface area contributed by atoms with Gasteiger partial charge in [0.15, 0.2) is 0 Å². The van der Waals surface area contributed by atoms with Gasteiger partial charge in [0.25, 0.3) is 0 Å². The highest BCUT2D eigenvalue weighted by atomic mass is 32.2. The minimum Gasteiger partial charge on any atom is -0.396 e. The van der Waals surface area contributed by atoms with Crippen LogP contribution in [0.25, 0.3) is 0 Å². The minimum atomic E-state index is 0.307. The molecule has 0 aromatic heterocycles. The quantitative estimate of drug-likeness (QED) is 0.609. The minimum absolute atomic E-state index is 0.307. The number of aliphatic hydroxyl groups is 1. The number of hydrogen-bond acceptors (Lipinski definition) is 3. The number of unbranched alkanes of at least 4 members (excludes halogenated alkanes) is 1. The first-order valence-electron chi connectivity index (χ1n) is 7.78. The van der Waals surface area contributed by atoms with Crippen LogP contribution in [0.2, 0.25) is 0 Å². The Morgan fingerprint density at radius 2 is 1.90 bits per heavy atom. The molecular formula is C17H29NOS. The molecule has 0 aliphatic heterocycles. The first kappa shape index (κ1) is 17.5. The third kappa shape index (κ3) is 7.32. The number of hydrogen-bond donors (Lipinski definition) is 2. The molecule has 0 heterocycles. The average molecular weight is 295 g/mol. The maximum Gasteiger partial charge on any atom is 0.0438 e. The molecule has 0 saturated heterocycles. The molecule has 1 aromatic rings. The first-order valence-corrected chi connectivity index (χ1v) is 8.94. The van der Waals surface area contributed by atoms with Crippen molar-refractivity contribution in [1.29, 1.82) is 0 Å². The Balaban J connectivity index is 2.23. The molecule has 20 heavy (non-hydrogen) atoms. The van der Waals surface area contributed by atoms with E-state index in [9.17, 15) is 0 Å². The van der Waals surface area contributed by atoms with Crippen molar-refractivity contribution < 1.29 is 5.11 Å². The molecule has 0 aliphatic rings. The normalized spacial score (nSPS) is 12.6. The molecule has 0 radical (unpaired) electrons. The van der Waals surface area contributed by atoms with Gasteiger partial charge in [-0.3, -0.25) is 0 Å². The lowest BCUT2D eigenvalue weighted by Crippen LogP contribution is -2.21. The largest absolute Gasteiger partial charge is 0.396 e. The predicted octanol–water partition coefficient (Wildman–Crippen LogP) is 3.80. The monoisotopic (exact) mass is 295 g/mol. The highest BCUT2D eigenvalue weighted by Gasteiger charge is 2.04. The molecule has 1 rings (SSSR count). The number of aryl methyl sites for hydroxylation is 1. The Morgan fingerprint density at radius 3 is 2.55 bits per heavy atom. The Hall–Kier alpha value is -0.510. The average Bonchev–Trinajstić information content (AvgIpc) is 2.49. The molecule has 114 valence electrons. The first-order chi connectivity index (χ1) is 9.77. The van der Waals surface area contributed by atoms with E-state index in [0.29, 0.717) is 12.6 Å². The molecule has 0 spiro atoms. The lowest BCUT2D eigenvalue weighted by molar-refractivity contribution is 0.296. The van der Waals surface area contributed by atoms with Crippen LogP contribution in [-0.4, -0.2) is 29.8 Å². The Morgan fingerprint density at radius 1 is 1.15 bits per heavy atom. The van der Waals surface area contributed by atoms with Gasteiger partial charge in [-0.25, -0.2) is 0 Å². The summed E-state index contributed by atoms with van der Waals surface area (Å²) in [7, 11) is 0. The van der Waals surface area contributed by atoms with Gasteiger partial charge < -0.3 is 10.4 Å². The van der Waals surface area contributed by atoms with Crippen LogP contribution in [-0.2, 0) is 6.42 Å². The van der Waals surface area contributed by atoms with E-state index < -0.39 is 0 Å². The maximum absolute atomic E-state index is 8.71. The van der Waals surface area contributed by atoms with Crippen molar-refractivity contribution in [3.63, 3.8) is 0 Å². The summed E-state index contributed by atoms with van der Waals surface area (Å²) in [4.78, 5) is 0. The molecule has 1 unspecified atom stereocenters. The smallest absolute Gasteiger partial charge is 0.0438 e. The second-order valence-electron chi connectivity index (χ2n) is 5.21. The van der Waals surface area contributed by atoms with Crippen molar-refractivity contribution in [3.8, 4) is 0 Å². The second kappa shape index (κ2) is 11.2. The standard InChI is InChI=1S/C17H29NOS/c1-3-4-6-16-7-9-17(10-8-16)15(2)18-11-14-20-13-5-12-19/h7-10,15,18-19H,3-6,11-14H2,1-2H3. The van der Waals surface area contributed by atoms with Gasteiger partial charge in [-0.1, -0.05) is 37.6 Å². The Kier molecular flexibility index (Phi) is 9.81. The number of aliphatic hydroxyl groups excluding tert-OH is 1.